The summed E-state index contributed by atoms with van der Waals surface area (Å²) >= 11 is 12.0. The van der Waals surface area contributed by atoms with Crippen molar-refractivity contribution in [2.45, 2.75) is 17.7 Å². The highest BCUT2D eigenvalue weighted by Gasteiger charge is 2.21. The van der Waals surface area contributed by atoms with E-state index in [1.54, 1.807) is 23.1 Å². The molecular weight excluding hydrogens is 383 g/mol. The number of benzene rings is 2. The molecule has 2 aromatic rings. The van der Waals surface area contributed by atoms with E-state index >= 15 is 0 Å². The average molecular weight is 399 g/mol. The number of likely N-dealkylation sites (tertiary alicyclic amines) is 1. The van der Waals surface area contributed by atoms with Crippen LogP contribution in [0.5, 0.6) is 0 Å². The summed E-state index contributed by atoms with van der Waals surface area (Å²) < 4.78 is 27.4. The second-order valence-corrected chi connectivity index (χ2v) is 8.22. The first-order valence-corrected chi connectivity index (χ1v) is 9.98. The number of hydrogen-bond donors (Lipinski definition) is 1. The lowest BCUT2D eigenvalue weighted by Gasteiger charge is -2.15. The summed E-state index contributed by atoms with van der Waals surface area (Å²) in [5.74, 6) is -0.0800. The van der Waals surface area contributed by atoms with Gasteiger partial charge in [-0.1, -0.05) is 29.3 Å². The normalized spacial score (nSPS) is 14.6. The molecule has 1 aliphatic rings. The van der Waals surface area contributed by atoms with Crippen LogP contribution in [0.1, 0.15) is 23.2 Å². The summed E-state index contributed by atoms with van der Waals surface area (Å²) in [6, 6.07) is 10.5. The molecule has 1 heterocycles. The molecular formula is C17H16Cl2N2O3S. The standard InChI is InChI=1S/C17H16Cl2N2O3S/c18-14-4-3-5-15(19)16(14)20-25(23,24)13-8-6-12(7-9-13)17(22)21-10-1-2-11-21/h3-9,20H,1-2,10-11H2. The van der Waals surface area contributed by atoms with Gasteiger partial charge in [0, 0.05) is 18.7 Å². The molecule has 0 saturated carbocycles. The van der Waals surface area contributed by atoms with Gasteiger partial charge in [-0.2, -0.15) is 0 Å². The fraction of sp³-hybridized carbons (Fsp3) is 0.235. The van der Waals surface area contributed by atoms with Crippen molar-refractivity contribution >= 4 is 44.8 Å². The van der Waals surface area contributed by atoms with E-state index in [1.807, 2.05) is 0 Å². The molecule has 25 heavy (non-hydrogen) atoms. The molecule has 1 aliphatic heterocycles. The number of anilines is 1. The first-order chi connectivity index (χ1) is 11.9. The number of carbonyl (C=O) groups is 1. The Labute approximate surface area is 156 Å². The van der Waals surface area contributed by atoms with Crippen LogP contribution in [0.4, 0.5) is 5.69 Å². The van der Waals surface area contributed by atoms with Gasteiger partial charge in [0.25, 0.3) is 15.9 Å². The van der Waals surface area contributed by atoms with Crippen molar-refractivity contribution in [1.82, 2.24) is 4.90 Å². The molecule has 1 saturated heterocycles. The molecule has 0 aromatic heterocycles. The van der Waals surface area contributed by atoms with Gasteiger partial charge in [0.1, 0.15) is 0 Å². The molecule has 1 amide bonds. The van der Waals surface area contributed by atoms with Crippen LogP contribution < -0.4 is 4.72 Å². The average Bonchev–Trinajstić information content (AvgIpc) is 3.12. The minimum atomic E-state index is -3.86. The minimum Gasteiger partial charge on any atom is -0.339 e. The summed E-state index contributed by atoms with van der Waals surface area (Å²) in [5.41, 5.74) is 0.597. The Hall–Kier alpha value is -1.76. The smallest absolute Gasteiger partial charge is 0.261 e. The number of sulfonamides is 1. The maximum Gasteiger partial charge on any atom is 0.261 e. The predicted octanol–water partition coefficient (Wildman–Crippen LogP) is 4.03. The highest BCUT2D eigenvalue weighted by molar-refractivity contribution is 7.92. The Morgan fingerprint density at radius 1 is 0.960 bits per heavy atom. The third-order valence-corrected chi connectivity index (χ3v) is 6.00. The van der Waals surface area contributed by atoms with Gasteiger partial charge >= 0.3 is 0 Å². The Morgan fingerprint density at radius 3 is 2.08 bits per heavy atom. The van der Waals surface area contributed by atoms with Crippen molar-refractivity contribution in [3.05, 3.63) is 58.1 Å². The molecule has 0 spiro atoms. The molecule has 1 N–H and O–H groups in total. The number of carbonyl (C=O) groups excluding carboxylic acids is 1. The van der Waals surface area contributed by atoms with Gasteiger partial charge in [-0.3, -0.25) is 9.52 Å². The molecule has 0 atom stereocenters. The van der Waals surface area contributed by atoms with E-state index in [2.05, 4.69) is 4.72 Å². The molecule has 3 rings (SSSR count). The van der Waals surface area contributed by atoms with Gasteiger partial charge in [-0.15, -0.1) is 0 Å². The van der Waals surface area contributed by atoms with E-state index in [0.717, 1.165) is 25.9 Å². The summed E-state index contributed by atoms with van der Waals surface area (Å²) in [6.07, 6.45) is 2.00. The van der Waals surface area contributed by atoms with Crippen molar-refractivity contribution < 1.29 is 13.2 Å². The fourth-order valence-electron chi connectivity index (χ4n) is 2.67. The Bertz CT molecular complexity index is 872. The monoisotopic (exact) mass is 398 g/mol. The molecule has 5 nitrogen and oxygen atoms in total. The van der Waals surface area contributed by atoms with Crippen LogP contribution in [0.25, 0.3) is 0 Å². The van der Waals surface area contributed by atoms with E-state index in [4.69, 9.17) is 23.2 Å². The summed E-state index contributed by atoms with van der Waals surface area (Å²) in [4.78, 5) is 14.1. The van der Waals surface area contributed by atoms with Crippen molar-refractivity contribution in [2.75, 3.05) is 17.8 Å². The Morgan fingerprint density at radius 2 is 1.52 bits per heavy atom. The van der Waals surface area contributed by atoms with Gasteiger partial charge in [-0.25, -0.2) is 8.42 Å². The van der Waals surface area contributed by atoms with Crippen LogP contribution in [0.3, 0.4) is 0 Å². The number of amides is 1. The Kier molecular flexibility index (Phi) is 5.22. The Balaban J connectivity index is 1.82. The number of hydrogen-bond acceptors (Lipinski definition) is 3. The largest absolute Gasteiger partial charge is 0.339 e. The van der Waals surface area contributed by atoms with E-state index in [9.17, 15) is 13.2 Å². The zero-order valence-corrected chi connectivity index (χ0v) is 15.5. The van der Waals surface area contributed by atoms with E-state index < -0.39 is 10.0 Å². The summed E-state index contributed by atoms with van der Waals surface area (Å²) in [6.45, 7) is 1.48. The topological polar surface area (TPSA) is 66.5 Å². The van der Waals surface area contributed by atoms with Gasteiger partial charge in [0.15, 0.2) is 0 Å². The molecule has 132 valence electrons. The third-order valence-electron chi connectivity index (χ3n) is 4.00. The van der Waals surface area contributed by atoms with Gasteiger partial charge in [-0.05, 0) is 49.2 Å². The van der Waals surface area contributed by atoms with Crippen LogP contribution in [-0.4, -0.2) is 32.3 Å². The van der Waals surface area contributed by atoms with Gasteiger partial charge in [0.2, 0.25) is 0 Å². The number of nitrogens with zero attached hydrogens (tertiary/aromatic N) is 1. The number of nitrogens with one attached hydrogen (secondary N) is 1. The SMILES string of the molecule is O=C(c1ccc(S(=O)(=O)Nc2c(Cl)cccc2Cl)cc1)N1CCCC1. The number of rotatable bonds is 4. The second kappa shape index (κ2) is 7.23. The lowest BCUT2D eigenvalue weighted by Crippen LogP contribution is -2.27. The predicted molar refractivity (Wildman–Crippen MR) is 98.9 cm³/mol. The van der Waals surface area contributed by atoms with Crippen LogP contribution in [0.15, 0.2) is 47.4 Å². The van der Waals surface area contributed by atoms with Crippen molar-refractivity contribution in [3.63, 3.8) is 0 Å². The first-order valence-electron chi connectivity index (χ1n) is 7.75. The highest BCUT2D eigenvalue weighted by Crippen LogP contribution is 2.31. The molecule has 2 aromatic carbocycles. The van der Waals surface area contributed by atoms with Crippen molar-refractivity contribution in [3.8, 4) is 0 Å². The third kappa shape index (κ3) is 3.92. The van der Waals surface area contributed by atoms with Crippen LogP contribution >= 0.6 is 23.2 Å². The molecule has 8 heteroatoms. The van der Waals surface area contributed by atoms with Gasteiger partial charge in [0.05, 0.1) is 20.6 Å². The maximum atomic E-state index is 12.5. The van der Waals surface area contributed by atoms with Crippen molar-refractivity contribution in [2.24, 2.45) is 0 Å². The quantitative estimate of drug-likeness (QED) is 0.844. The van der Waals surface area contributed by atoms with Crippen LogP contribution in [0, 0.1) is 0 Å². The fourth-order valence-corrected chi connectivity index (χ4v) is 4.37. The van der Waals surface area contributed by atoms with Crippen LogP contribution in [0.2, 0.25) is 10.0 Å². The zero-order chi connectivity index (χ0) is 18.0. The lowest BCUT2D eigenvalue weighted by atomic mass is 10.2. The molecule has 1 fully saturated rings. The maximum absolute atomic E-state index is 12.5. The number of para-hydroxylation sites is 1. The molecule has 0 radical (unpaired) electrons. The second-order valence-electron chi connectivity index (χ2n) is 5.73. The minimum absolute atomic E-state index is 0.0291. The highest BCUT2D eigenvalue weighted by atomic mass is 35.5. The van der Waals surface area contributed by atoms with Crippen molar-refractivity contribution in [1.29, 1.82) is 0 Å². The zero-order valence-electron chi connectivity index (χ0n) is 13.2. The number of halogens is 2. The first kappa shape index (κ1) is 18.0. The van der Waals surface area contributed by atoms with Gasteiger partial charge < -0.3 is 4.90 Å². The molecule has 0 bridgehead atoms. The van der Waals surface area contributed by atoms with E-state index in [-0.39, 0.29) is 26.5 Å². The van der Waals surface area contributed by atoms with E-state index in [0.29, 0.717) is 5.56 Å². The van der Waals surface area contributed by atoms with Crippen LogP contribution in [-0.2, 0) is 10.0 Å². The lowest BCUT2D eigenvalue weighted by molar-refractivity contribution is 0.0792. The van der Waals surface area contributed by atoms with E-state index in [1.165, 1.54) is 24.3 Å². The molecule has 0 aliphatic carbocycles. The molecule has 0 unspecified atom stereocenters. The summed E-state index contributed by atoms with van der Waals surface area (Å²) in [7, 11) is -3.86. The summed E-state index contributed by atoms with van der Waals surface area (Å²) in [5, 5.41) is 0.411.